The Hall–Kier alpha value is -2.21. The highest BCUT2D eigenvalue weighted by Crippen LogP contribution is 2.27. The minimum atomic E-state index is -0.986. The van der Waals surface area contributed by atoms with E-state index in [0.717, 1.165) is 21.2 Å². The first-order chi connectivity index (χ1) is 10.0. The number of aromatic carboxylic acids is 1. The molecule has 21 heavy (non-hydrogen) atoms. The van der Waals surface area contributed by atoms with Gasteiger partial charge in [-0.3, -0.25) is 0 Å². The normalized spacial score (nSPS) is 11.0. The summed E-state index contributed by atoms with van der Waals surface area (Å²) in [6.45, 7) is 3.84. The fourth-order valence-corrected chi connectivity index (χ4v) is 2.59. The van der Waals surface area contributed by atoms with Crippen LogP contribution in [0.2, 0.25) is 0 Å². The number of fused-ring (bicyclic) bond motifs is 1. The molecule has 3 aromatic rings. The highest BCUT2D eigenvalue weighted by Gasteiger charge is 2.17. The maximum Gasteiger partial charge on any atom is 0.337 e. The minimum absolute atomic E-state index is 0.190. The van der Waals surface area contributed by atoms with Crippen molar-refractivity contribution in [3.8, 4) is 5.82 Å². The Kier molecular flexibility index (Phi) is 3.25. The van der Waals surface area contributed by atoms with Gasteiger partial charge in [-0.25, -0.2) is 14.5 Å². The van der Waals surface area contributed by atoms with Gasteiger partial charge in [-0.15, -0.1) is 0 Å². The van der Waals surface area contributed by atoms with Crippen LogP contribution < -0.4 is 0 Å². The predicted octanol–water partition coefficient (Wildman–Crippen LogP) is 3.50. The van der Waals surface area contributed by atoms with E-state index in [4.69, 9.17) is 0 Å². The molecule has 1 N–H and O–H groups in total. The molecule has 5 nitrogen and oxygen atoms in total. The SMILES string of the molecule is Cc1nn(-c2ncc(C(=O)O)c3ccccc23)c(C)c1Br. The van der Waals surface area contributed by atoms with Crippen LogP contribution in [0, 0.1) is 13.8 Å². The van der Waals surface area contributed by atoms with Gasteiger partial charge in [0.25, 0.3) is 0 Å². The van der Waals surface area contributed by atoms with Crippen LogP contribution in [0.4, 0.5) is 0 Å². The number of rotatable bonds is 2. The van der Waals surface area contributed by atoms with Crippen LogP contribution in [-0.2, 0) is 0 Å². The molecule has 0 fully saturated rings. The number of aryl methyl sites for hydroxylation is 1. The van der Waals surface area contributed by atoms with Crippen molar-refractivity contribution in [3.05, 3.63) is 51.9 Å². The first-order valence-electron chi connectivity index (χ1n) is 6.34. The summed E-state index contributed by atoms with van der Waals surface area (Å²) < 4.78 is 2.66. The van der Waals surface area contributed by atoms with Gasteiger partial charge < -0.3 is 5.11 Å². The number of benzene rings is 1. The van der Waals surface area contributed by atoms with Crippen molar-refractivity contribution in [2.45, 2.75) is 13.8 Å². The Bertz CT molecular complexity index is 871. The molecule has 0 aliphatic rings. The number of hydrogen-bond donors (Lipinski definition) is 1. The maximum absolute atomic E-state index is 11.3. The Balaban J connectivity index is 2.37. The molecule has 2 aromatic heterocycles. The number of nitrogens with zero attached hydrogens (tertiary/aromatic N) is 3. The molecule has 0 spiro atoms. The van der Waals surface area contributed by atoms with Gasteiger partial charge in [-0.2, -0.15) is 5.10 Å². The zero-order valence-corrected chi connectivity index (χ0v) is 13.0. The van der Waals surface area contributed by atoms with E-state index in [2.05, 4.69) is 26.0 Å². The second kappa shape index (κ2) is 4.96. The quantitative estimate of drug-likeness (QED) is 0.771. The second-order valence-corrected chi connectivity index (χ2v) is 5.54. The van der Waals surface area contributed by atoms with Gasteiger partial charge in [0.1, 0.15) is 0 Å². The zero-order valence-electron chi connectivity index (χ0n) is 11.5. The summed E-state index contributed by atoms with van der Waals surface area (Å²) in [6.07, 6.45) is 1.38. The predicted molar refractivity (Wildman–Crippen MR) is 83.0 cm³/mol. The van der Waals surface area contributed by atoms with Crippen molar-refractivity contribution in [2.75, 3.05) is 0 Å². The van der Waals surface area contributed by atoms with Gasteiger partial charge in [0, 0.05) is 17.0 Å². The van der Waals surface area contributed by atoms with Crippen LogP contribution in [0.15, 0.2) is 34.9 Å². The van der Waals surface area contributed by atoms with Crippen molar-refractivity contribution in [1.82, 2.24) is 14.8 Å². The molecule has 0 saturated carbocycles. The largest absolute Gasteiger partial charge is 0.478 e. The number of carbonyl (C=O) groups is 1. The van der Waals surface area contributed by atoms with E-state index in [1.54, 1.807) is 10.7 Å². The summed E-state index contributed by atoms with van der Waals surface area (Å²) in [5.41, 5.74) is 1.98. The lowest BCUT2D eigenvalue weighted by molar-refractivity contribution is 0.0698. The summed E-state index contributed by atoms with van der Waals surface area (Å²) in [6, 6.07) is 7.31. The van der Waals surface area contributed by atoms with Gasteiger partial charge in [0.2, 0.25) is 0 Å². The number of hydrogen-bond acceptors (Lipinski definition) is 3. The van der Waals surface area contributed by atoms with Crippen LogP contribution in [0.25, 0.3) is 16.6 Å². The average Bonchev–Trinajstić information content (AvgIpc) is 2.73. The van der Waals surface area contributed by atoms with E-state index in [1.165, 1.54) is 6.20 Å². The van der Waals surface area contributed by atoms with Crippen LogP contribution in [0.3, 0.4) is 0 Å². The lowest BCUT2D eigenvalue weighted by Gasteiger charge is -2.09. The minimum Gasteiger partial charge on any atom is -0.478 e. The fourth-order valence-electron chi connectivity index (χ4n) is 2.35. The van der Waals surface area contributed by atoms with Crippen molar-refractivity contribution >= 4 is 32.7 Å². The molecule has 1 aromatic carbocycles. The monoisotopic (exact) mass is 345 g/mol. The van der Waals surface area contributed by atoms with E-state index in [0.29, 0.717) is 11.2 Å². The molecule has 0 aliphatic carbocycles. The topological polar surface area (TPSA) is 68.0 Å². The Morgan fingerprint density at radius 2 is 1.90 bits per heavy atom. The van der Waals surface area contributed by atoms with Crippen LogP contribution in [0.5, 0.6) is 0 Å². The molecule has 6 heteroatoms. The molecule has 106 valence electrons. The zero-order chi connectivity index (χ0) is 15.1. The van der Waals surface area contributed by atoms with E-state index in [-0.39, 0.29) is 5.56 Å². The molecular weight excluding hydrogens is 334 g/mol. The van der Waals surface area contributed by atoms with Gasteiger partial charge in [-0.1, -0.05) is 24.3 Å². The van der Waals surface area contributed by atoms with Gasteiger partial charge in [0.15, 0.2) is 5.82 Å². The number of halogens is 1. The maximum atomic E-state index is 11.3. The summed E-state index contributed by atoms with van der Waals surface area (Å²) in [5, 5.41) is 15.2. The fraction of sp³-hybridized carbons (Fsp3) is 0.133. The van der Waals surface area contributed by atoms with Crippen LogP contribution in [0.1, 0.15) is 21.7 Å². The lowest BCUT2D eigenvalue weighted by atomic mass is 10.1. The first-order valence-corrected chi connectivity index (χ1v) is 7.13. The third kappa shape index (κ3) is 2.12. The molecule has 0 saturated heterocycles. The Labute approximate surface area is 129 Å². The average molecular weight is 346 g/mol. The number of carboxylic acids is 1. The van der Waals surface area contributed by atoms with E-state index >= 15 is 0 Å². The third-order valence-corrected chi connectivity index (χ3v) is 4.56. The standard InChI is InChI=1S/C15H12BrN3O2/c1-8-13(16)9(2)19(18-8)14-11-6-4-3-5-10(11)12(7-17-14)15(20)21/h3-7H,1-2H3,(H,20,21). The number of aromatic nitrogens is 3. The molecule has 0 unspecified atom stereocenters. The summed E-state index contributed by atoms with van der Waals surface area (Å²) >= 11 is 3.49. The smallest absolute Gasteiger partial charge is 0.337 e. The highest BCUT2D eigenvalue weighted by atomic mass is 79.9. The van der Waals surface area contributed by atoms with E-state index in [9.17, 15) is 9.90 Å². The van der Waals surface area contributed by atoms with Crippen LogP contribution in [-0.4, -0.2) is 25.8 Å². The van der Waals surface area contributed by atoms with Crippen molar-refractivity contribution < 1.29 is 9.90 Å². The number of pyridine rings is 1. The molecule has 0 atom stereocenters. The van der Waals surface area contributed by atoms with Crippen LogP contribution >= 0.6 is 15.9 Å². The van der Waals surface area contributed by atoms with Crippen molar-refractivity contribution in [3.63, 3.8) is 0 Å². The lowest BCUT2D eigenvalue weighted by Crippen LogP contribution is -2.06. The van der Waals surface area contributed by atoms with E-state index < -0.39 is 5.97 Å². The summed E-state index contributed by atoms with van der Waals surface area (Å²) in [4.78, 5) is 15.6. The number of carboxylic acid groups (broad SMARTS) is 1. The van der Waals surface area contributed by atoms with E-state index in [1.807, 2.05) is 32.0 Å². The van der Waals surface area contributed by atoms with Gasteiger partial charge in [-0.05, 0) is 29.8 Å². The molecule has 3 rings (SSSR count). The summed E-state index contributed by atoms with van der Waals surface area (Å²) in [7, 11) is 0. The van der Waals surface area contributed by atoms with Crippen molar-refractivity contribution in [1.29, 1.82) is 0 Å². The highest BCUT2D eigenvalue weighted by molar-refractivity contribution is 9.10. The second-order valence-electron chi connectivity index (χ2n) is 4.74. The Morgan fingerprint density at radius 3 is 2.48 bits per heavy atom. The third-order valence-electron chi connectivity index (χ3n) is 3.41. The van der Waals surface area contributed by atoms with Crippen molar-refractivity contribution in [2.24, 2.45) is 0 Å². The molecule has 0 amide bonds. The molecule has 0 radical (unpaired) electrons. The first kappa shape index (κ1) is 13.8. The summed E-state index contributed by atoms with van der Waals surface area (Å²) in [5.74, 6) is -0.360. The Morgan fingerprint density at radius 1 is 1.24 bits per heavy atom. The molecule has 0 aliphatic heterocycles. The molecule has 0 bridgehead atoms. The van der Waals surface area contributed by atoms with Gasteiger partial charge >= 0.3 is 5.97 Å². The molecule has 2 heterocycles. The van der Waals surface area contributed by atoms with Gasteiger partial charge in [0.05, 0.1) is 21.4 Å². The molecular formula is C15H12BrN3O2.